The molecule has 2 rings (SSSR count). The number of carbonyl (C=O) groups excluding carboxylic acids is 1. The topological polar surface area (TPSA) is 50.4 Å². The number of hydrogen-bond donors (Lipinski definition) is 2. The summed E-state index contributed by atoms with van der Waals surface area (Å²) in [7, 11) is 1.63. The number of para-hydroxylation sites is 1. The molecule has 22 heavy (non-hydrogen) atoms. The van der Waals surface area contributed by atoms with Gasteiger partial charge >= 0.3 is 0 Å². The lowest BCUT2D eigenvalue weighted by Crippen LogP contribution is -2.34. The smallest absolute Gasteiger partial charge is 0.234 e. The third-order valence-corrected chi connectivity index (χ3v) is 3.54. The van der Waals surface area contributed by atoms with Gasteiger partial charge in [0, 0.05) is 18.2 Å². The Balaban J connectivity index is 1.79. The van der Waals surface area contributed by atoms with Crippen molar-refractivity contribution < 1.29 is 9.53 Å². The number of carbonyl (C=O) groups is 1. The number of benzene rings is 2. The summed E-state index contributed by atoms with van der Waals surface area (Å²) in [6.45, 7) is 2.79. The van der Waals surface area contributed by atoms with Crippen LogP contribution in [0.3, 0.4) is 0 Å². The average molecular weight is 298 g/mol. The van der Waals surface area contributed by atoms with E-state index >= 15 is 0 Å². The summed E-state index contributed by atoms with van der Waals surface area (Å²) in [5.74, 6) is 0.752. The van der Waals surface area contributed by atoms with Crippen LogP contribution in [-0.2, 0) is 11.3 Å². The van der Waals surface area contributed by atoms with Crippen molar-refractivity contribution in [1.29, 1.82) is 0 Å². The summed E-state index contributed by atoms with van der Waals surface area (Å²) in [5, 5.41) is 6.12. The van der Waals surface area contributed by atoms with Crippen LogP contribution in [0.5, 0.6) is 5.75 Å². The second kappa shape index (κ2) is 8.20. The Hall–Kier alpha value is -2.33. The minimum absolute atomic E-state index is 0.0336. The quantitative estimate of drug-likeness (QED) is 0.826. The SMILES string of the molecule is COc1ccccc1CNC(=O)CN[C@@H](C)c1ccccc1. The van der Waals surface area contributed by atoms with Gasteiger partial charge in [-0.25, -0.2) is 0 Å². The van der Waals surface area contributed by atoms with Crippen LogP contribution in [0.4, 0.5) is 0 Å². The van der Waals surface area contributed by atoms with Crippen LogP contribution in [0.15, 0.2) is 54.6 Å². The van der Waals surface area contributed by atoms with E-state index in [2.05, 4.69) is 10.6 Å². The number of hydrogen-bond acceptors (Lipinski definition) is 3. The van der Waals surface area contributed by atoms with Crippen molar-refractivity contribution in [3.63, 3.8) is 0 Å². The monoisotopic (exact) mass is 298 g/mol. The number of methoxy groups -OCH3 is 1. The Morgan fingerprint density at radius 2 is 1.77 bits per heavy atom. The van der Waals surface area contributed by atoms with Crippen molar-refractivity contribution in [3.05, 3.63) is 65.7 Å². The van der Waals surface area contributed by atoms with Crippen LogP contribution in [0.2, 0.25) is 0 Å². The summed E-state index contributed by atoms with van der Waals surface area (Å²) in [6.07, 6.45) is 0. The zero-order valence-corrected chi connectivity index (χ0v) is 13.0. The first-order valence-electron chi connectivity index (χ1n) is 7.37. The van der Waals surface area contributed by atoms with E-state index in [0.29, 0.717) is 6.54 Å². The Bertz CT molecular complexity index is 599. The molecule has 0 heterocycles. The summed E-state index contributed by atoms with van der Waals surface area (Å²) >= 11 is 0. The molecule has 0 aliphatic heterocycles. The molecule has 0 saturated carbocycles. The maximum absolute atomic E-state index is 11.9. The molecule has 2 N–H and O–H groups in total. The molecule has 0 aliphatic carbocycles. The van der Waals surface area contributed by atoms with E-state index in [9.17, 15) is 4.79 Å². The molecule has 4 nitrogen and oxygen atoms in total. The van der Waals surface area contributed by atoms with Gasteiger partial charge in [-0.05, 0) is 18.6 Å². The lowest BCUT2D eigenvalue weighted by Gasteiger charge is -2.14. The van der Waals surface area contributed by atoms with Gasteiger partial charge in [0.1, 0.15) is 5.75 Å². The molecule has 2 aromatic rings. The van der Waals surface area contributed by atoms with Crippen molar-refractivity contribution in [3.8, 4) is 5.75 Å². The van der Waals surface area contributed by atoms with E-state index in [0.717, 1.165) is 11.3 Å². The van der Waals surface area contributed by atoms with E-state index < -0.39 is 0 Å². The summed E-state index contributed by atoms with van der Waals surface area (Å²) in [6, 6.07) is 17.9. The fraction of sp³-hybridized carbons (Fsp3) is 0.278. The van der Waals surface area contributed by atoms with Crippen molar-refractivity contribution in [2.45, 2.75) is 19.5 Å². The highest BCUT2D eigenvalue weighted by Gasteiger charge is 2.08. The van der Waals surface area contributed by atoms with Gasteiger partial charge < -0.3 is 15.4 Å². The van der Waals surface area contributed by atoms with Crippen LogP contribution in [-0.4, -0.2) is 19.6 Å². The van der Waals surface area contributed by atoms with Gasteiger partial charge in [0.25, 0.3) is 0 Å². The van der Waals surface area contributed by atoms with E-state index in [1.165, 1.54) is 5.56 Å². The molecule has 4 heteroatoms. The highest BCUT2D eigenvalue weighted by molar-refractivity contribution is 5.78. The van der Waals surface area contributed by atoms with Crippen LogP contribution in [0, 0.1) is 0 Å². The highest BCUT2D eigenvalue weighted by atomic mass is 16.5. The fourth-order valence-electron chi connectivity index (χ4n) is 2.21. The van der Waals surface area contributed by atoms with Gasteiger partial charge in [0.15, 0.2) is 0 Å². The highest BCUT2D eigenvalue weighted by Crippen LogP contribution is 2.16. The zero-order valence-electron chi connectivity index (χ0n) is 13.0. The van der Waals surface area contributed by atoms with Crippen molar-refractivity contribution in [1.82, 2.24) is 10.6 Å². The fourth-order valence-corrected chi connectivity index (χ4v) is 2.21. The molecule has 1 amide bonds. The molecular formula is C18H22N2O2. The van der Waals surface area contributed by atoms with Crippen LogP contribution >= 0.6 is 0 Å². The minimum Gasteiger partial charge on any atom is -0.496 e. The first-order valence-corrected chi connectivity index (χ1v) is 7.37. The molecule has 0 aliphatic rings. The lowest BCUT2D eigenvalue weighted by molar-refractivity contribution is -0.120. The zero-order chi connectivity index (χ0) is 15.8. The predicted octanol–water partition coefficient (Wildman–Crippen LogP) is 2.66. The molecule has 0 unspecified atom stereocenters. The molecule has 0 fully saturated rings. The third-order valence-electron chi connectivity index (χ3n) is 3.54. The Morgan fingerprint density at radius 3 is 2.50 bits per heavy atom. The van der Waals surface area contributed by atoms with Crippen LogP contribution in [0.25, 0.3) is 0 Å². The van der Waals surface area contributed by atoms with E-state index in [1.54, 1.807) is 7.11 Å². The lowest BCUT2D eigenvalue weighted by atomic mass is 10.1. The largest absolute Gasteiger partial charge is 0.496 e. The van der Waals surface area contributed by atoms with Crippen molar-refractivity contribution >= 4 is 5.91 Å². The molecule has 0 spiro atoms. The summed E-state index contributed by atoms with van der Waals surface area (Å²) in [5.41, 5.74) is 2.13. The molecule has 0 saturated heterocycles. The van der Waals surface area contributed by atoms with Gasteiger partial charge in [0.05, 0.1) is 13.7 Å². The number of ether oxygens (including phenoxy) is 1. The van der Waals surface area contributed by atoms with Gasteiger partial charge in [-0.15, -0.1) is 0 Å². The Morgan fingerprint density at radius 1 is 1.09 bits per heavy atom. The molecular weight excluding hydrogens is 276 g/mol. The predicted molar refractivity (Wildman–Crippen MR) is 87.7 cm³/mol. The van der Waals surface area contributed by atoms with E-state index in [-0.39, 0.29) is 18.5 Å². The average Bonchev–Trinajstić information content (AvgIpc) is 2.58. The van der Waals surface area contributed by atoms with Gasteiger partial charge in [-0.1, -0.05) is 48.5 Å². The van der Waals surface area contributed by atoms with E-state index in [1.807, 2.05) is 61.5 Å². The maximum atomic E-state index is 11.9. The molecule has 116 valence electrons. The molecule has 0 aromatic heterocycles. The summed E-state index contributed by atoms with van der Waals surface area (Å²) < 4.78 is 5.27. The Kier molecular flexibility index (Phi) is 5.98. The van der Waals surface area contributed by atoms with E-state index in [4.69, 9.17) is 4.74 Å². The van der Waals surface area contributed by atoms with Crippen LogP contribution in [0.1, 0.15) is 24.1 Å². The van der Waals surface area contributed by atoms with Crippen LogP contribution < -0.4 is 15.4 Å². The van der Waals surface area contributed by atoms with Crippen molar-refractivity contribution in [2.24, 2.45) is 0 Å². The Labute approximate surface area is 131 Å². The number of nitrogens with one attached hydrogen (secondary N) is 2. The molecule has 2 aromatic carbocycles. The number of amides is 1. The maximum Gasteiger partial charge on any atom is 0.234 e. The first-order chi connectivity index (χ1) is 10.7. The number of rotatable bonds is 7. The minimum atomic E-state index is -0.0336. The molecule has 1 atom stereocenters. The second-order valence-electron chi connectivity index (χ2n) is 5.10. The standard InChI is InChI=1S/C18H22N2O2/c1-14(15-8-4-3-5-9-15)19-13-18(21)20-12-16-10-6-7-11-17(16)22-2/h3-11,14,19H,12-13H2,1-2H3,(H,20,21)/t14-/m0/s1. The first kappa shape index (κ1) is 16.0. The van der Waals surface area contributed by atoms with Gasteiger partial charge in [-0.3, -0.25) is 4.79 Å². The van der Waals surface area contributed by atoms with Crippen molar-refractivity contribution in [2.75, 3.05) is 13.7 Å². The van der Waals surface area contributed by atoms with Gasteiger partial charge in [-0.2, -0.15) is 0 Å². The molecule has 0 radical (unpaired) electrons. The van der Waals surface area contributed by atoms with Gasteiger partial charge in [0.2, 0.25) is 5.91 Å². The summed E-state index contributed by atoms with van der Waals surface area (Å²) in [4.78, 5) is 11.9. The second-order valence-corrected chi connectivity index (χ2v) is 5.10. The normalized spacial score (nSPS) is 11.7. The third kappa shape index (κ3) is 4.60. The molecule has 0 bridgehead atoms.